The lowest BCUT2D eigenvalue weighted by Crippen LogP contribution is -2.43. The first-order valence-electron chi connectivity index (χ1n) is 11.7. The van der Waals surface area contributed by atoms with Crippen LogP contribution in [0.3, 0.4) is 0 Å². The van der Waals surface area contributed by atoms with Gasteiger partial charge in [-0.25, -0.2) is 23.4 Å². The first-order valence-corrected chi connectivity index (χ1v) is 12.5. The second kappa shape index (κ2) is 10.7. The lowest BCUT2D eigenvalue weighted by Gasteiger charge is -2.35. The highest BCUT2D eigenvalue weighted by Crippen LogP contribution is 2.50. The lowest BCUT2D eigenvalue weighted by atomic mass is 10.0. The van der Waals surface area contributed by atoms with Crippen molar-refractivity contribution in [2.24, 2.45) is 5.10 Å². The monoisotopic (exact) mass is 527 g/mol. The van der Waals surface area contributed by atoms with Crippen LogP contribution >= 0.6 is 11.8 Å². The number of benzene rings is 2. The standard InChI is InChI=1S/C26H27F2N5O3S/c1-25(2,3)36-23(34)30-13-7-12-26(18-8-5-4-6-9-18)33(24(35)32-15-14-29-17-32)31-22(37-26)20-16-19(27)10-11-21(20)28/h4-6,8-11,14-17H,7,12-13H2,1-3H3,(H,30,34)/t26-/m0/s1. The van der Waals surface area contributed by atoms with Crippen molar-refractivity contribution in [1.82, 2.24) is 19.9 Å². The zero-order valence-corrected chi connectivity index (χ0v) is 21.5. The molecular formula is C26H27F2N5O3S. The van der Waals surface area contributed by atoms with Gasteiger partial charge in [-0.3, -0.25) is 4.57 Å². The van der Waals surface area contributed by atoms with Crippen molar-refractivity contribution in [3.8, 4) is 0 Å². The van der Waals surface area contributed by atoms with Crippen molar-refractivity contribution in [3.05, 3.63) is 90.0 Å². The molecule has 3 aromatic rings. The van der Waals surface area contributed by atoms with Gasteiger partial charge in [0.15, 0.2) is 0 Å². The minimum atomic E-state index is -1.10. The van der Waals surface area contributed by atoms with Gasteiger partial charge < -0.3 is 10.1 Å². The van der Waals surface area contributed by atoms with E-state index in [9.17, 15) is 18.4 Å². The van der Waals surface area contributed by atoms with E-state index in [0.29, 0.717) is 12.8 Å². The van der Waals surface area contributed by atoms with Crippen LogP contribution in [0.25, 0.3) is 0 Å². The Bertz CT molecular complexity index is 1300. The maximum atomic E-state index is 14.8. The van der Waals surface area contributed by atoms with E-state index in [1.807, 2.05) is 30.3 Å². The second-order valence-electron chi connectivity index (χ2n) is 9.38. The van der Waals surface area contributed by atoms with E-state index < -0.39 is 34.2 Å². The molecule has 0 aliphatic carbocycles. The summed E-state index contributed by atoms with van der Waals surface area (Å²) in [7, 11) is 0. The summed E-state index contributed by atoms with van der Waals surface area (Å²) in [5.41, 5.74) is 0.0574. The summed E-state index contributed by atoms with van der Waals surface area (Å²) in [4.78, 5) is 28.6. The highest BCUT2D eigenvalue weighted by atomic mass is 32.2. The number of imidazole rings is 1. The fraction of sp³-hybridized carbons (Fsp3) is 0.308. The highest BCUT2D eigenvalue weighted by Gasteiger charge is 2.49. The van der Waals surface area contributed by atoms with Crippen LogP contribution in [0.2, 0.25) is 0 Å². The molecule has 8 nitrogen and oxygen atoms in total. The number of hydrogen-bond acceptors (Lipinski definition) is 6. The maximum Gasteiger partial charge on any atom is 0.407 e. The van der Waals surface area contributed by atoms with E-state index in [1.165, 1.54) is 28.3 Å². The zero-order valence-electron chi connectivity index (χ0n) is 20.6. The Morgan fingerprint density at radius 1 is 1.14 bits per heavy atom. The Balaban J connectivity index is 1.69. The number of alkyl carbamates (subject to hydrolysis) is 1. The lowest BCUT2D eigenvalue weighted by molar-refractivity contribution is 0.0525. The third-order valence-corrected chi connectivity index (χ3v) is 6.89. The summed E-state index contributed by atoms with van der Waals surface area (Å²) < 4.78 is 35.4. The molecule has 194 valence electrons. The number of carbonyl (C=O) groups is 2. The van der Waals surface area contributed by atoms with Crippen LogP contribution in [0.5, 0.6) is 0 Å². The van der Waals surface area contributed by atoms with Crippen molar-refractivity contribution >= 4 is 28.9 Å². The molecule has 1 aliphatic rings. The van der Waals surface area contributed by atoms with E-state index in [0.717, 1.165) is 35.5 Å². The van der Waals surface area contributed by atoms with Crippen LogP contribution in [-0.2, 0) is 9.61 Å². The molecule has 0 saturated heterocycles. The largest absolute Gasteiger partial charge is 0.444 e. The quantitative estimate of drug-likeness (QED) is 0.416. The summed E-state index contributed by atoms with van der Waals surface area (Å²) in [6.45, 7) is 5.59. The molecule has 0 radical (unpaired) electrons. The number of nitrogens with one attached hydrogen (secondary N) is 1. The minimum Gasteiger partial charge on any atom is -0.444 e. The first-order chi connectivity index (χ1) is 17.6. The molecule has 1 atom stereocenters. The molecule has 1 aliphatic heterocycles. The van der Waals surface area contributed by atoms with Gasteiger partial charge in [0.25, 0.3) is 0 Å². The molecule has 1 aromatic heterocycles. The normalized spacial score (nSPS) is 17.4. The molecule has 2 amide bonds. The van der Waals surface area contributed by atoms with Gasteiger partial charge in [0.2, 0.25) is 0 Å². The molecule has 0 saturated carbocycles. The number of aromatic nitrogens is 2. The number of halogens is 2. The van der Waals surface area contributed by atoms with Crippen LogP contribution < -0.4 is 5.32 Å². The van der Waals surface area contributed by atoms with E-state index in [-0.39, 0.29) is 17.2 Å². The van der Waals surface area contributed by atoms with E-state index in [1.54, 1.807) is 20.8 Å². The van der Waals surface area contributed by atoms with Gasteiger partial charge in [-0.15, -0.1) is 0 Å². The Labute approximate surface area is 217 Å². The smallest absolute Gasteiger partial charge is 0.407 e. The predicted octanol–water partition coefficient (Wildman–Crippen LogP) is 5.70. The number of nitrogens with zero attached hydrogens (tertiary/aromatic N) is 4. The average Bonchev–Trinajstić information content (AvgIpc) is 3.52. The van der Waals surface area contributed by atoms with Crippen molar-refractivity contribution < 1.29 is 23.1 Å². The Hall–Kier alpha value is -3.73. The predicted molar refractivity (Wildman–Crippen MR) is 137 cm³/mol. The van der Waals surface area contributed by atoms with E-state index in [2.05, 4.69) is 15.4 Å². The fourth-order valence-electron chi connectivity index (χ4n) is 3.86. The molecule has 37 heavy (non-hydrogen) atoms. The number of ether oxygens (including phenoxy) is 1. The van der Waals surface area contributed by atoms with Crippen molar-refractivity contribution in [2.45, 2.75) is 44.1 Å². The van der Waals surface area contributed by atoms with Crippen molar-refractivity contribution in [1.29, 1.82) is 0 Å². The van der Waals surface area contributed by atoms with Crippen LogP contribution in [0.15, 0.2) is 72.4 Å². The van der Waals surface area contributed by atoms with Crippen LogP contribution in [0.4, 0.5) is 18.4 Å². The number of hydrogen-bond donors (Lipinski definition) is 1. The maximum absolute atomic E-state index is 14.8. The van der Waals surface area contributed by atoms with Gasteiger partial charge in [0.05, 0.1) is 0 Å². The number of thioether (sulfide) groups is 1. The molecule has 1 N–H and O–H groups in total. The Morgan fingerprint density at radius 3 is 2.57 bits per heavy atom. The van der Waals surface area contributed by atoms with Gasteiger partial charge >= 0.3 is 12.1 Å². The first kappa shape index (κ1) is 26.3. The molecular weight excluding hydrogens is 500 g/mol. The zero-order chi connectivity index (χ0) is 26.6. The van der Waals surface area contributed by atoms with Crippen LogP contribution in [0.1, 0.15) is 44.7 Å². The minimum absolute atomic E-state index is 0.0434. The molecule has 0 bridgehead atoms. The summed E-state index contributed by atoms with van der Waals surface area (Å²) >= 11 is 1.16. The van der Waals surface area contributed by atoms with Gasteiger partial charge in [-0.1, -0.05) is 42.1 Å². The summed E-state index contributed by atoms with van der Waals surface area (Å²) in [5.74, 6) is -1.27. The van der Waals surface area contributed by atoms with Crippen LogP contribution in [-0.4, -0.2) is 43.9 Å². The molecule has 2 heterocycles. The molecule has 0 unspecified atom stereocenters. The van der Waals surface area contributed by atoms with Gasteiger partial charge in [-0.2, -0.15) is 10.1 Å². The van der Waals surface area contributed by atoms with Gasteiger partial charge in [-0.05, 0) is 57.4 Å². The van der Waals surface area contributed by atoms with Gasteiger partial charge in [0, 0.05) is 24.5 Å². The van der Waals surface area contributed by atoms with Crippen molar-refractivity contribution in [2.75, 3.05) is 6.54 Å². The Kier molecular flexibility index (Phi) is 7.63. The van der Waals surface area contributed by atoms with E-state index in [4.69, 9.17) is 4.74 Å². The third-order valence-electron chi connectivity index (χ3n) is 5.45. The number of amides is 2. The SMILES string of the molecule is CC(C)(C)OC(=O)NCCC[C@@]1(c2ccccc2)SC(c2cc(F)ccc2F)=NN1C(=O)n1ccnc1. The number of rotatable bonds is 6. The van der Waals surface area contributed by atoms with Crippen molar-refractivity contribution in [3.63, 3.8) is 0 Å². The third kappa shape index (κ3) is 5.99. The second-order valence-corrected chi connectivity index (χ2v) is 10.6. The number of carbonyl (C=O) groups excluding carboxylic acids is 2. The molecule has 4 rings (SSSR count). The van der Waals surface area contributed by atoms with Crippen LogP contribution in [0, 0.1) is 11.6 Å². The molecule has 11 heteroatoms. The summed E-state index contributed by atoms with van der Waals surface area (Å²) in [5, 5.41) is 8.67. The fourth-order valence-corrected chi connectivity index (χ4v) is 5.27. The molecule has 2 aromatic carbocycles. The van der Waals surface area contributed by atoms with Gasteiger partial charge in [0.1, 0.15) is 33.5 Å². The molecule has 0 fully saturated rings. The summed E-state index contributed by atoms with van der Waals surface area (Å²) in [6, 6.07) is 11.8. The van der Waals surface area contributed by atoms with E-state index >= 15 is 0 Å². The number of hydrazone groups is 1. The summed E-state index contributed by atoms with van der Waals surface area (Å²) in [6.07, 6.45) is 4.52. The topological polar surface area (TPSA) is 88.8 Å². The Morgan fingerprint density at radius 2 is 1.89 bits per heavy atom. The molecule has 0 spiro atoms. The average molecular weight is 528 g/mol. The highest BCUT2D eigenvalue weighted by molar-refractivity contribution is 8.15.